The van der Waals surface area contributed by atoms with Crippen LogP contribution in [0.4, 0.5) is 17.1 Å². The van der Waals surface area contributed by atoms with Gasteiger partial charge in [-0.15, -0.1) is 0 Å². The van der Waals surface area contributed by atoms with Gasteiger partial charge >= 0.3 is 0 Å². The van der Waals surface area contributed by atoms with E-state index in [2.05, 4.69) is 180 Å². The van der Waals surface area contributed by atoms with E-state index in [4.69, 9.17) is 9.98 Å². The fraction of sp³-hybridized carbons (Fsp3) is 0.137. The van der Waals surface area contributed by atoms with Crippen molar-refractivity contribution in [3.63, 3.8) is 0 Å². The Hall–Kier alpha value is -6.92. The lowest BCUT2D eigenvalue weighted by molar-refractivity contribution is 0.710. The number of nitrogens with zero attached hydrogens (tertiary/aromatic N) is 5. The topological polar surface area (TPSA) is 51.9 Å². The summed E-state index contributed by atoms with van der Waals surface area (Å²) < 4.78 is 2.36. The van der Waals surface area contributed by atoms with E-state index >= 15 is 0 Å². The second-order valence-electron chi connectivity index (χ2n) is 16.1. The van der Waals surface area contributed by atoms with Crippen LogP contribution in [0.15, 0.2) is 173 Å². The van der Waals surface area contributed by atoms with Gasteiger partial charge in [0, 0.05) is 68.2 Å². The van der Waals surface area contributed by atoms with Crippen LogP contribution in [0, 0.1) is 12.8 Å². The molecule has 57 heavy (non-hydrogen) atoms. The van der Waals surface area contributed by atoms with Crippen LogP contribution in [-0.4, -0.2) is 33.8 Å². The molecule has 1 aliphatic carbocycles. The minimum absolute atomic E-state index is 0.000699. The molecule has 0 fully saturated rings. The molecule has 5 aromatic carbocycles. The van der Waals surface area contributed by atoms with Gasteiger partial charge in [-0.2, -0.15) is 0 Å². The second-order valence-corrected chi connectivity index (χ2v) is 16.1. The summed E-state index contributed by atoms with van der Waals surface area (Å²) in [7, 11) is 0. The van der Waals surface area contributed by atoms with Crippen LogP contribution in [0.2, 0.25) is 0 Å². The van der Waals surface area contributed by atoms with E-state index in [9.17, 15) is 0 Å². The molecule has 0 saturated carbocycles. The van der Waals surface area contributed by atoms with Crippen LogP contribution < -0.4 is 9.80 Å². The number of rotatable bonds is 5. The Balaban J connectivity index is 0.950. The van der Waals surface area contributed by atoms with Crippen LogP contribution >= 0.6 is 0 Å². The van der Waals surface area contributed by atoms with Crippen LogP contribution in [0.25, 0.3) is 55.5 Å². The quantitative estimate of drug-likeness (QED) is 0.191. The number of allylic oxidation sites excluding steroid dienone is 4. The van der Waals surface area contributed by atoms with Crippen molar-refractivity contribution in [1.29, 1.82) is 0 Å². The Bertz CT molecular complexity index is 3050. The number of H-pyrrole nitrogens is 1. The minimum Gasteiger partial charge on any atom is -0.347 e. The van der Waals surface area contributed by atoms with Gasteiger partial charge in [0.2, 0.25) is 0 Å². The van der Waals surface area contributed by atoms with Crippen molar-refractivity contribution in [2.45, 2.75) is 39.5 Å². The van der Waals surface area contributed by atoms with Gasteiger partial charge in [-0.3, -0.25) is 14.6 Å². The second kappa shape index (κ2) is 12.0. The van der Waals surface area contributed by atoms with Crippen molar-refractivity contribution in [3.05, 3.63) is 174 Å². The first kappa shape index (κ1) is 32.3. The van der Waals surface area contributed by atoms with E-state index in [0.29, 0.717) is 5.92 Å². The molecule has 1 N–H and O–H groups in total. The summed E-state index contributed by atoms with van der Waals surface area (Å²) in [5.41, 5.74) is 20.6. The van der Waals surface area contributed by atoms with E-state index in [0.717, 1.165) is 29.2 Å². The van der Waals surface area contributed by atoms with Crippen molar-refractivity contribution in [3.8, 4) is 27.9 Å². The highest BCUT2D eigenvalue weighted by molar-refractivity contribution is 6.10. The lowest BCUT2D eigenvalue weighted by atomic mass is 9.91. The molecule has 0 radical (unpaired) electrons. The number of anilines is 3. The first-order valence-corrected chi connectivity index (χ1v) is 20.0. The zero-order valence-electron chi connectivity index (χ0n) is 32.1. The number of aromatic nitrogens is 2. The molecule has 3 atom stereocenters. The van der Waals surface area contributed by atoms with Crippen molar-refractivity contribution in [2.24, 2.45) is 15.9 Å². The maximum absolute atomic E-state index is 5.12. The van der Waals surface area contributed by atoms with Gasteiger partial charge in [0.25, 0.3) is 0 Å². The zero-order chi connectivity index (χ0) is 37.9. The molecule has 0 saturated heterocycles. The van der Waals surface area contributed by atoms with Crippen LogP contribution in [0.1, 0.15) is 31.4 Å². The van der Waals surface area contributed by atoms with Gasteiger partial charge in [-0.05, 0) is 121 Å². The molecule has 12 rings (SSSR count). The molecule has 0 amide bonds. The summed E-state index contributed by atoms with van der Waals surface area (Å²) in [5, 5.41) is 2.42. The lowest BCUT2D eigenvalue weighted by Gasteiger charge is -2.28. The summed E-state index contributed by atoms with van der Waals surface area (Å²) in [4.78, 5) is 18.6. The Morgan fingerprint density at radius 3 is 2.46 bits per heavy atom. The Labute approximate surface area is 331 Å². The van der Waals surface area contributed by atoms with E-state index in [1.807, 2.05) is 12.4 Å². The molecule has 7 aromatic rings. The standard InChI is InChI=1S/C51H40N6/c1-30-11-14-33(15-12-30)34-7-6-8-36(27-34)55-47-19-16-35(28-42(47)39-21-23-52-49(39)55)38-9-4-5-10-45(38)57-48-20-17-37(29-43(48)40-22-24-53-50(40)57)56-46-18-13-31(2)25-41(46)44-26-32(3)54-51(44)56/h4-24,26-29,31,50-52H,25H2,1-3H3. The van der Waals surface area contributed by atoms with Gasteiger partial charge in [0.1, 0.15) is 5.65 Å². The molecule has 6 heteroatoms. The van der Waals surface area contributed by atoms with Gasteiger partial charge in [-0.25, -0.2) is 0 Å². The summed E-state index contributed by atoms with van der Waals surface area (Å²) in [6.07, 6.45) is 14.1. The number of hydrogen-bond acceptors (Lipinski definition) is 4. The number of nitrogens with one attached hydrogen (secondary N) is 1. The van der Waals surface area contributed by atoms with E-state index in [-0.39, 0.29) is 12.3 Å². The van der Waals surface area contributed by atoms with Gasteiger partial charge in [-0.1, -0.05) is 79.2 Å². The fourth-order valence-electron chi connectivity index (χ4n) is 9.87. The number of benzene rings is 5. The van der Waals surface area contributed by atoms with Gasteiger partial charge in [0.15, 0.2) is 12.3 Å². The van der Waals surface area contributed by atoms with Gasteiger partial charge in [0.05, 0.1) is 16.9 Å². The molecule has 2 aromatic heterocycles. The monoisotopic (exact) mass is 736 g/mol. The molecule has 6 nitrogen and oxygen atoms in total. The Morgan fingerprint density at radius 1 is 0.684 bits per heavy atom. The molecule has 6 heterocycles. The fourth-order valence-corrected chi connectivity index (χ4v) is 9.87. The van der Waals surface area contributed by atoms with Crippen molar-refractivity contribution >= 4 is 56.5 Å². The normalized spacial score (nSPS) is 20.3. The minimum atomic E-state index is -0.121. The third-order valence-electron chi connectivity index (χ3n) is 12.5. The van der Waals surface area contributed by atoms with Crippen LogP contribution in [-0.2, 0) is 0 Å². The van der Waals surface area contributed by atoms with Crippen LogP contribution in [0.5, 0.6) is 0 Å². The highest BCUT2D eigenvalue weighted by atomic mass is 15.3. The van der Waals surface area contributed by atoms with Crippen molar-refractivity contribution in [1.82, 2.24) is 9.55 Å². The Morgan fingerprint density at radius 2 is 1.54 bits per heavy atom. The van der Waals surface area contributed by atoms with E-state index in [1.54, 1.807) is 0 Å². The molecule has 0 bridgehead atoms. The maximum atomic E-state index is 5.12. The molecule has 274 valence electrons. The van der Waals surface area contributed by atoms with Crippen molar-refractivity contribution < 1.29 is 0 Å². The number of aromatic amines is 1. The first-order chi connectivity index (χ1) is 28.0. The zero-order valence-corrected chi connectivity index (χ0v) is 32.1. The van der Waals surface area contributed by atoms with Gasteiger partial charge < -0.3 is 14.8 Å². The number of hydrogen-bond donors (Lipinski definition) is 1. The maximum Gasteiger partial charge on any atom is 0.152 e. The highest BCUT2D eigenvalue weighted by Crippen LogP contribution is 2.52. The summed E-state index contributed by atoms with van der Waals surface area (Å²) in [6.45, 7) is 6.55. The molecular formula is C51H40N6. The molecule has 0 spiro atoms. The number of fused-ring (bicyclic) bond motifs is 8. The van der Waals surface area contributed by atoms with Crippen LogP contribution in [0.3, 0.4) is 0 Å². The highest BCUT2D eigenvalue weighted by Gasteiger charge is 2.42. The van der Waals surface area contributed by atoms with E-state index in [1.165, 1.54) is 83.5 Å². The number of aliphatic imine (C=N–C) groups is 2. The molecular weight excluding hydrogens is 697 g/mol. The summed E-state index contributed by atoms with van der Waals surface area (Å²) >= 11 is 0. The average molecular weight is 737 g/mol. The van der Waals surface area contributed by atoms with Crippen molar-refractivity contribution in [2.75, 3.05) is 9.80 Å². The predicted octanol–water partition coefficient (Wildman–Crippen LogP) is 12.1. The predicted molar refractivity (Wildman–Crippen MR) is 237 cm³/mol. The number of para-hydroxylation sites is 1. The first-order valence-electron chi connectivity index (χ1n) is 20.0. The SMILES string of the molecule is CC1=NC2C(=C1)C1=C(C=CC(C)C1)N2c1ccc2c(c1)C1=CC=NC1N2c1ccccc1-c1ccc2c(c1)c1cc[nH]c1n2-c1cccc(-c2ccc(C)cc2)c1. The third kappa shape index (κ3) is 4.77. The summed E-state index contributed by atoms with van der Waals surface area (Å²) in [6, 6.07) is 42.5. The lowest BCUT2D eigenvalue weighted by Crippen LogP contribution is -2.28. The third-order valence-corrected chi connectivity index (χ3v) is 12.5. The van der Waals surface area contributed by atoms with E-state index < -0.39 is 0 Å². The largest absolute Gasteiger partial charge is 0.347 e. The Kier molecular flexibility index (Phi) is 6.83. The average Bonchev–Trinajstić information content (AvgIpc) is 4.09. The smallest absolute Gasteiger partial charge is 0.152 e. The number of aryl methyl sites for hydroxylation is 1. The molecule has 5 aliphatic rings. The molecule has 4 aliphatic heterocycles. The molecule has 3 unspecified atom stereocenters. The summed E-state index contributed by atoms with van der Waals surface area (Å²) in [5.74, 6) is 0.525.